The van der Waals surface area contributed by atoms with Gasteiger partial charge in [-0.05, 0) is 61.6 Å². The van der Waals surface area contributed by atoms with Gasteiger partial charge in [-0.15, -0.1) is 0 Å². The van der Waals surface area contributed by atoms with E-state index in [-0.39, 0.29) is 11.7 Å². The van der Waals surface area contributed by atoms with Crippen LogP contribution < -0.4 is 5.32 Å². The van der Waals surface area contributed by atoms with Gasteiger partial charge >= 0.3 is 0 Å². The summed E-state index contributed by atoms with van der Waals surface area (Å²) in [4.78, 5) is 12.4. The summed E-state index contributed by atoms with van der Waals surface area (Å²) in [6.07, 6.45) is 6.82. The van der Waals surface area contributed by atoms with Crippen LogP contribution in [-0.4, -0.2) is 37.8 Å². The molecule has 1 aromatic rings. The molecule has 1 amide bonds. The summed E-state index contributed by atoms with van der Waals surface area (Å²) >= 11 is 0. The molecule has 25 heavy (non-hydrogen) atoms. The topological polar surface area (TPSA) is 66.5 Å². The van der Waals surface area contributed by atoms with Gasteiger partial charge in [0.2, 0.25) is 10.0 Å². The average molecular weight is 362 g/mol. The van der Waals surface area contributed by atoms with Crippen LogP contribution in [0.3, 0.4) is 0 Å². The van der Waals surface area contributed by atoms with Crippen molar-refractivity contribution in [1.82, 2.24) is 9.62 Å². The van der Waals surface area contributed by atoms with Gasteiger partial charge in [0.1, 0.15) is 0 Å². The number of sulfonamides is 1. The molecule has 2 bridgehead atoms. The number of amides is 1. The number of nitrogens with zero attached hydrogens (tertiary/aromatic N) is 1. The standard InChI is InChI=1S/C19H26N2O3S/c22-19(20-18-12-15-5-8-17(18)11-15)16-6-3-14(4-7-16)13-25(23,24)21-9-1-2-10-21/h3-4,6-7,15,17-18H,1-2,5,8-13H2,(H,20,22)/t15-,17-,18-/m0/s1. The van der Waals surface area contributed by atoms with Crippen LogP contribution in [0.2, 0.25) is 0 Å². The Kier molecular flexibility index (Phi) is 4.58. The van der Waals surface area contributed by atoms with Crippen molar-refractivity contribution < 1.29 is 13.2 Å². The second-order valence-electron chi connectivity index (χ2n) is 7.81. The molecule has 1 heterocycles. The normalized spacial score (nSPS) is 29.2. The predicted octanol–water partition coefficient (Wildman–Crippen LogP) is 2.53. The third-order valence-corrected chi connectivity index (χ3v) is 7.93. The van der Waals surface area contributed by atoms with Crippen molar-refractivity contribution in [3.05, 3.63) is 35.4 Å². The highest BCUT2D eigenvalue weighted by molar-refractivity contribution is 7.88. The molecule has 4 rings (SSSR count). The fourth-order valence-corrected chi connectivity index (χ4v) is 6.30. The van der Waals surface area contributed by atoms with Crippen LogP contribution in [0.4, 0.5) is 0 Å². The molecule has 0 unspecified atom stereocenters. The van der Waals surface area contributed by atoms with Gasteiger partial charge < -0.3 is 5.32 Å². The minimum Gasteiger partial charge on any atom is -0.349 e. The number of carbonyl (C=O) groups is 1. The lowest BCUT2D eigenvalue weighted by Gasteiger charge is -2.23. The van der Waals surface area contributed by atoms with E-state index in [2.05, 4.69) is 5.32 Å². The highest BCUT2D eigenvalue weighted by Gasteiger charge is 2.40. The predicted molar refractivity (Wildman–Crippen MR) is 96.6 cm³/mol. The van der Waals surface area contributed by atoms with Gasteiger partial charge in [0.15, 0.2) is 0 Å². The molecule has 3 fully saturated rings. The van der Waals surface area contributed by atoms with Crippen molar-refractivity contribution in [1.29, 1.82) is 0 Å². The third-order valence-electron chi connectivity index (χ3n) is 6.08. The van der Waals surface area contributed by atoms with Crippen molar-refractivity contribution in [2.45, 2.75) is 50.3 Å². The number of nitrogens with one attached hydrogen (secondary N) is 1. The number of benzene rings is 1. The molecule has 1 N–H and O–H groups in total. The highest BCUT2D eigenvalue weighted by atomic mass is 32.2. The lowest BCUT2D eigenvalue weighted by Crippen LogP contribution is -2.38. The summed E-state index contributed by atoms with van der Waals surface area (Å²) in [6.45, 7) is 1.26. The first-order valence-electron chi connectivity index (χ1n) is 9.39. The zero-order valence-electron chi connectivity index (χ0n) is 14.5. The van der Waals surface area contributed by atoms with Crippen LogP contribution in [0, 0.1) is 11.8 Å². The number of carbonyl (C=O) groups excluding carboxylic acids is 1. The Morgan fingerprint density at radius 1 is 1.08 bits per heavy atom. The van der Waals surface area contributed by atoms with E-state index in [4.69, 9.17) is 0 Å². The quantitative estimate of drug-likeness (QED) is 0.875. The first-order valence-corrected chi connectivity index (χ1v) is 11.0. The summed E-state index contributed by atoms with van der Waals surface area (Å²) < 4.78 is 26.3. The van der Waals surface area contributed by atoms with E-state index in [1.807, 2.05) is 0 Å². The third kappa shape index (κ3) is 3.60. The van der Waals surface area contributed by atoms with Crippen LogP contribution in [0.15, 0.2) is 24.3 Å². The Labute approximate surface area is 149 Å². The van der Waals surface area contributed by atoms with E-state index >= 15 is 0 Å². The molecule has 1 aromatic carbocycles. The molecule has 6 heteroatoms. The van der Waals surface area contributed by atoms with Crippen LogP contribution in [-0.2, 0) is 15.8 Å². The summed E-state index contributed by atoms with van der Waals surface area (Å²) in [5.41, 5.74) is 1.36. The highest BCUT2D eigenvalue weighted by Crippen LogP contribution is 2.44. The smallest absolute Gasteiger partial charge is 0.251 e. The first-order chi connectivity index (χ1) is 12.0. The molecule has 0 radical (unpaired) electrons. The maximum atomic E-state index is 12.4. The second-order valence-corrected chi connectivity index (χ2v) is 9.78. The van der Waals surface area contributed by atoms with Gasteiger partial charge in [0.05, 0.1) is 5.75 Å². The molecule has 3 atom stereocenters. The van der Waals surface area contributed by atoms with Crippen LogP contribution in [0.5, 0.6) is 0 Å². The minimum absolute atomic E-state index is 0.0152. The van der Waals surface area contributed by atoms with Crippen molar-refractivity contribution >= 4 is 15.9 Å². The zero-order chi connectivity index (χ0) is 17.4. The summed E-state index contributed by atoms with van der Waals surface area (Å²) in [6, 6.07) is 7.35. The Hall–Kier alpha value is -1.40. The summed E-state index contributed by atoms with van der Waals surface area (Å²) in [7, 11) is -3.24. The fraction of sp³-hybridized carbons (Fsp3) is 0.632. The molecule has 136 valence electrons. The maximum absolute atomic E-state index is 12.4. The van der Waals surface area contributed by atoms with E-state index in [0.29, 0.717) is 30.6 Å². The summed E-state index contributed by atoms with van der Waals surface area (Å²) in [5.74, 6) is 1.43. The van der Waals surface area contributed by atoms with E-state index in [0.717, 1.165) is 30.7 Å². The Bertz CT molecular complexity index is 738. The molecule has 3 aliphatic rings. The number of hydrogen-bond donors (Lipinski definition) is 1. The summed E-state index contributed by atoms with van der Waals surface area (Å²) in [5, 5.41) is 3.17. The van der Waals surface area contributed by atoms with Crippen LogP contribution in [0.25, 0.3) is 0 Å². The molecule has 5 nitrogen and oxygen atoms in total. The average Bonchev–Trinajstić information content (AvgIpc) is 3.33. The maximum Gasteiger partial charge on any atom is 0.251 e. The van der Waals surface area contributed by atoms with Crippen molar-refractivity contribution in [3.8, 4) is 0 Å². The van der Waals surface area contributed by atoms with E-state index in [9.17, 15) is 13.2 Å². The van der Waals surface area contributed by atoms with Gasteiger partial charge in [0, 0.05) is 24.7 Å². The molecule has 0 spiro atoms. The van der Waals surface area contributed by atoms with Gasteiger partial charge in [-0.25, -0.2) is 12.7 Å². The van der Waals surface area contributed by atoms with E-state index in [1.165, 1.54) is 19.3 Å². The lowest BCUT2D eigenvalue weighted by atomic mass is 9.95. The molecule has 2 saturated carbocycles. The Balaban J connectivity index is 1.37. The minimum atomic E-state index is -3.24. The molecular formula is C19H26N2O3S. The van der Waals surface area contributed by atoms with Gasteiger partial charge in [-0.3, -0.25) is 4.79 Å². The fourth-order valence-electron chi connectivity index (χ4n) is 4.69. The molecule has 1 aliphatic heterocycles. The van der Waals surface area contributed by atoms with Gasteiger partial charge in [-0.2, -0.15) is 0 Å². The first kappa shape index (κ1) is 17.0. The molecule has 2 aliphatic carbocycles. The zero-order valence-corrected chi connectivity index (χ0v) is 15.3. The SMILES string of the molecule is O=C(N[C@H]1C[C@H]2CC[C@H]1C2)c1ccc(CS(=O)(=O)N2CCCC2)cc1. The van der Waals surface area contributed by atoms with Crippen molar-refractivity contribution in [2.24, 2.45) is 11.8 Å². The van der Waals surface area contributed by atoms with Crippen molar-refractivity contribution in [3.63, 3.8) is 0 Å². The lowest BCUT2D eigenvalue weighted by molar-refractivity contribution is 0.0923. The number of fused-ring (bicyclic) bond motifs is 2. The largest absolute Gasteiger partial charge is 0.349 e. The number of hydrogen-bond acceptors (Lipinski definition) is 3. The van der Waals surface area contributed by atoms with Crippen LogP contribution >= 0.6 is 0 Å². The van der Waals surface area contributed by atoms with Gasteiger partial charge in [0.25, 0.3) is 5.91 Å². The van der Waals surface area contributed by atoms with Gasteiger partial charge in [-0.1, -0.05) is 18.6 Å². The molecule has 0 aromatic heterocycles. The number of rotatable bonds is 5. The Morgan fingerprint density at radius 3 is 2.40 bits per heavy atom. The second kappa shape index (κ2) is 6.72. The van der Waals surface area contributed by atoms with Crippen LogP contribution in [0.1, 0.15) is 54.4 Å². The van der Waals surface area contributed by atoms with Crippen molar-refractivity contribution in [2.75, 3.05) is 13.1 Å². The monoisotopic (exact) mass is 362 g/mol. The Morgan fingerprint density at radius 2 is 1.80 bits per heavy atom. The molecule has 1 saturated heterocycles. The van der Waals surface area contributed by atoms with E-state index < -0.39 is 10.0 Å². The molecular weight excluding hydrogens is 336 g/mol. The van der Waals surface area contributed by atoms with E-state index in [1.54, 1.807) is 28.6 Å².